The maximum Gasteiger partial charge on any atom is 0.359 e. The molecule has 0 radical (unpaired) electrons. The van der Waals surface area contributed by atoms with Gasteiger partial charge < -0.3 is 9.47 Å². The van der Waals surface area contributed by atoms with Gasteiger partial charge in [-0.25, -0.2) is 9.18 Å². The highest BCUT2D eigenvalue weighted by atomic mass is 19.1. The molecule has 2 aromatic rings. The topological polar surface area (TPSA) is 64.2 Å². The summed E-state index contributed by atoms with van der Waals surface area (Å²) < 4.78 is 24.2. The fourth-order valence-corrected chi connectivity index (χ4v) is 2.22. The Kier molecular flexibility index (Phi) is 2.93. The smallest absolute Gasteiger partial charge is 0.359 e. The van der Waals surface area contributed by atoms with Crippen LogP contribution in [0.1, 0.15) is 28.5 Å². The van der Waals surface area contributed by atoms with Gasteiger partial charge >= 0.3 is 5.97 Å². The lowest BCUT2D eigenvalue weighted by atomic mass is 10.0. The lowest BCUT2D eigenvalue weighted by molar-refractivity contribution is 0.0516. The van der Waals surface area contributed by atoms with Gasteiger partial charge in [0.05, 0.1) is 17.9 Å². The highest BCUT2D eigenvalue weighted by molar-refractivity contribution is 5.92. The summed E-state index contributed by atoms with van der Waals surface area (Å²) in [5, 5.41) is 6.74. The second kappa shape index (κ2) is 4.63. The SMILES string of the molecule is CCOC(=O)c1n[nH]c2c1COc1cc(C)c(F)cc1-2. The summed E-state index contributed by atoms with van der Waals surface area (Å²) in [6.07, 6.45) is 0. The number of aromatic nitrogens is 2. The van der Waals surface area contributed by atoms with Crippen LogP contribution in [-0.4, -0.2) is 22.8 Å². The van der Waals surface area contributed by atoms with Crippen molar-refractivity contribution in [2.24, 2.45) is 0 Å². The molecule has 0 spiro atoms. The Morgan fingerprint density at radius 1 is 1.55 bits per heavy atom. The number of benzene rings is 1. The third-order valence-electron chi connectivity index (χ3n) is 3.24. The van der Waals surface area contributed by atoms with E-state index < -0.39 is 5.97 Å². The van der Waals surface area contributed by atoms with Crippen molar-refractivity contribution in [2.75, 3.05) is 6.61 Å². The van der Waals surface area contributed by atoms with Gasteiger partial charge in [-0.15, -0.1) is 0 Å². The van der Waals surface area contributed by atoms with E-state index in [9.17, 15) is 9.18 Å². The van der Waals surface area contributed by atoms with Gasteiger partial charge in [-0.05, 0) is 31.5 Å². The van der Waals surface area contributed by atoms with Crippen LogP contribution in [0.4, 0.5) is 4.39 Å². The summed E-state index contributed by atoms with van der Waals surface area (Å²) in [6, 6.07) is 3.02. The number of esters is 1. The number of H-pyrrole nitrogens is 1. The van der Waals surface area contributed by atoms with Gasteiger partial charge in [-0.3, -0.25) is 5.10 Å². The molecule has 0 unspecified atom stereocenters. The van der Waals surface area contributed by atoms with Gasteiger partial charge in [0, 0.05) is 5.56 Å². The highest BCUT2D eigenvalue weighted by Crippen LogP contribution is 2.38. The van der Waals surface area contributed by atoms with Crippen LogP contribution in [0.25, 0.3) is 11.3 Å². The number of halogens is 1. The first-order valence-electron chi connectivity index (χ1n) is 6.29. The molecule has 0 bridgehead atoms. The van der Waals surface area contributed by atoms with Crippen LogP contribution in [-0.2, 0) is 11.3 Å². The summed E-state index contributed by atoms with van der Waals surface area (Å²) in [4.78, 5) is 11.8. The van der Waals surface area contributed by atoms with Crippen molar-refractivity contribution >= 4 is 5.97 Å². The number of nitrogens with zero attached hydrogens (tertiary/aromatic N) is 1. The summed E-state index contributed by atoms with van der Waals surface area (Å²) in [7, 11) is 0. The molecule has 20 heavy (non-hydrogen) atoms. The van der Waals surface area contributed by atoms with Gasteiger partial charge in [-0.2, -0.15) is 5.10 Å². The molecule has 2 heterocycles. The van der Waals surface area contributed by atoms with Crippen LogP contribution in [0.15, 0.2) is 12.1 Å². The molecule has 1 aliphatic heterocycles. The zero-order valence-corrected chi connectivity index (χ0v) is 11.1. The monoisotopic (exact) mass is 276 g/mol. The molecular formula is C14H13FN2O3. The van der Waals surface area contributed by atoms with Crippen LogP contribution >= 0.6 is 0 Å². The van der Waals surface area contributed by atoms with Crippen molar-refractivity contribution in [3.05, 3.63) is 34.8 Å². The molecule has 0 saturated heterocycles. The number of ether oxygens (including phenoxy) is 2. The molecule has 0 atom stereocenters. The maximum absolute atomic E-state index is 13.7. The van der Waals surface area contributed by atoms with Crippen molar-refractivity contribution in [1.29, 1.82) is 0 Å². The Hall–Kier alpha value is -2.37. The number of carbonyl (C=O) groups is 1. The van der Waals surface area contributed by atoms with Crippen LogP contribution in [0.5, 0.6) is 5.75 Å². The van der Waals surface area contributed by atoms with Crippen LogP contribution in [0.2, 0.25) is 0 Å². The minimum absolute atomic E-state index is 0.188. The lowest BCUT2D eigenvalue weighted by Crippen LogP contribution is -2.12. The highest BCUT2D eigenvalue weighted by Gasteiger charge is 2.27. The first kappa shape index (κ1) is 12.7. The molecule has 6 heteroatoms. The Morgan fingerprint density at radius 2 is 2.35 bits per heavy atom. The molecule has 0 fully saturated rings. The van der Waals surface area contributed by atoms with Gasteiger partial charge in [0.25, 0.3) is 0 Å². The quantitative estimate of drug-likeness (QED) is 0.856. The average molecular weight is 276 g/mol. The second-order valence-corrected chi connectivity index (χ2v) is 4.53. The molecule has 5 nitrogen and oxygen atoms in total. The second-order valence-electron chi connectivity index (χ2n) is 4.53. The molecule has 0 aliphatic carbocycles. The van der Waals surface area contributed by atoms with E-state index in [0.29, 0.717) is 28.1 Å². The zero-order valence-electron chi connectivity index (χ0n) is 11.1. The third-order valence-corrected chi connectivity index (χ3v) is 3.24. The first-order chi connectivity index (χ1) is 9.61. The van der Waals surface area contributed by atoms with Gasteiger partial charge in [-0.1, -0.05) is 0 Å². The van der Waals surface area contributed by atoms with E-state index in [1.165, 1.54) is 6.07 Å². The number of aromatic amines is 1. The van der Waals surface area contributed by atoms with Crippen molar-refractivity contribution in [3.63, 3.8) is 0 Å². The normalized spacial score (nSPS) is 12.3. The Morgan fingerprint density at radius 3 is 3.10 bits per heavy atom. The third kappa shape index (κ3) is 1.84. The summed E-state index contributed by atoms with van der Waals surface area (Å²) in [5.74, 6) is -0.257. The predicted molar refractivity (Wildman–Crippen MR) is 69.0 cm³/mol. The van der Waals surface area contributed by atoms with Gasteiger partial charge in [0.2, 0.25) is 0 Å². The largest absolute Gasteiger partial charge is 0.488 e. The summed E-state index contributed by atoms with van der Waals surface area (Å²) >= 11 is 0. The molecule has 3 rings (SSSR count). The summed E-state index contributed by atoms with van der Waals surface area (Å²) in [5.41, 5.74) is 2.47. The van der Waals surface area contributed by atoms with Crippen molar-refractivity contribution < 1.29 is 18.7 Å². The molecule has 1 aromatic heterocycles. The standard InChI is InChI=1S/C14H13FN2O3/c1-3-19-14(18)13-9-6-20-11-4-7(2)10(15)5-8(11)12(9)16-17-13/h4-5H,3,6H2,1-2H3,(H,16,17). The van der Waals surface area contributed by atoms with Crippen LogP contribution in [0, 0.1) is 12.7 Å². The van der Waals surface area contributed by atoms with Crippen molar-refractivity contribution in [3.8, 4) is 17.0 Å². The van der Waals surface area contributed by atoms with E-state index in [4.69, 9.17) is 9.47 Å². The predicted octanol–water partition coefficient (Wildman–Crippen LogP) is 2.59. The molecule has 1 N–H and O–H groups in total. The number of hydrogen-bond donors (Lipinski definition) is 1. The number of rotatable bonds is 2. The van der Waals surface area contributed by atoms with Gasteiger partial charge in [0.15, 0.2) is 5.69 Å². The number of nitrogens with one attached hydrogen (secondary N) is 1. The van der Waals surface area contributed by atoms with Crippen LogP contribution in [0.3, 0.4) is 0 Å². The molecule has 1 aliphatic rings. The van der Waals surface area contributed by atoms with Gasteiger partial charge in [0.1, 0.15) is 18.2 Å². The van der Waals surface area contributed by atoms with E-state index in [1.54, 1.807) is 19.9 Å². The van der Waals surface area contributed by atoms with Crippen molar-refractivity contribution in [1.82, 2.24) is 10.2 Å². The average Bonchev–Trinajstić information content (AvgIpc) is 2.85. The summed E-state index contributed by atoms with van der Waals surface area (Å²) in [6.45, 7) is 3.87. The van der Waals surface area contributed by atoms with E-state index in [1.807, 2.05) is 0 Å². The zero-order chi connectivity index (χ0) is 14.3. The Bertz CT molecular complexity index is 694. The molecular weight excluding hydrogens is 263 g/mol. The van der Waals surface area contributed by atoms with E-state index in [-0.39, 0.29) is 24.7 Å². The van der Waals surface area contributed by atoms with E-state index in [2.05, 4.69) is 10.2 Å². The van der Waals surface area contributed by atoms with Crippen LogP contribution < -0.4 is 4.74 Å². The Balaban J connectivity index is 2.10. The lowest BCUT2D eigenvalue weighted by Gasteiger charge is -2.18. The minimum Gasteiger partial charge on any atom is -0.488 e. The van der Waals surface area contributed by atoms with Crippen molar-refractivity contribution in [2.45, 2.75) is 20.5 Å². The minimum atomic E-state index is -0.510. The number of aryl methyl sites for hydroxylation is 1. The maximum atomic E-state index is 13.7. The first-order valence-corrected chi connectivity index (χ1v) is 6.29. The molecule has 0 amide bonds. The molecule has 0 saturated carbocycles. The fraction of sp³-hybridized carbons (Fsp3) is 0.286. The number of fused-ring (bicyclic) bond motifs is 3. The molecule has 1 aromatic carbocycles. The fourth-order valence-electron chi connectivity index (χ4n) is 2.22. The number of hydrogen-bond acceptors (Lipinski definition) is 4. The van der Waals surface area contributed by atoms with E-state index in [0.717, 1.165) is 0 Å². The number of carbonyl (C=O) groups excluding carboxylic acids is 1. The van der Waals surface area contributed by atoms with E-state index >= 15 is 0 Å². The molecule has 104 valence electrons. The Labute approximate surface area is 114 Å².